The molecule has 0 radical (unpaired) electrons. The fourth-order valence-electron chi connectivity index (χ4n) is 7.19. The van der Waals surface area contributed by atoms with Crippen LogP contribution in [-0.4, -0.2) is 87.5 Å². The van der Waals surface area contributed by atoms with Gasteiger partial charge in [-0.2, -0.15) is 0 Å². The molecular weight excluding hydrogens is 707 g/mol. The molecule has 9 heteroatoms. The largest absolute Gasteiger partial charge is 0.394 e. The van der Waals surface area contributed by atoms with Gasteiger partial charge in [-0.25, -0.2) is 0 Å². The van der Waals surface area contributed by atoms with E-state index < -0.39 is 49.5 Å². The molecule has 1 heterocycles. The maximum absolute atomic E-state index is 12.9. The minimum Gasteiger partial charge on any atom is -0.394 e. The molecule has 0 aromatic rings. The summed E-state index contributed by atoms with van der Waals surface area (Å²) in [6.45, 7) is 3.72. The standard InChI is InChI=1S/C47H87NO8/c1-3-5-7-9-11-13-14-15-16-17-18-19-20-21-22-23-24-25-26-27-29-30-32-34-36-41(50)40(39-55-47-46(54)45(53)44(52)42(38-49)56-47)48-43(51)37-35-33-31-28-12-10-8-6-4-2/h23-24,27,29,34,36,40-42,44-47,49-50,52-54H,3-22,25-26,28,30-33,35,37-39H2,1-2H3,(H,48,51)/b24-23+,29-27+,36-34+. The molecule has 6 N–H and O–H groups in total. The molecule has 0 saturated carbocycles. The van der Waals surface area contributed by atoms with Gasteiger partial charge in [0.1, 0.15) is 24.4 Å². The summed E-state index contributed by atoms with van der Waals surface area (Å²) in [6, 6.07) is -0.823. The molecule has 7 unspecified atom stereocenters. The Labute approximate surface area is 342 Å². The molecule has 1 rings (SSSR count). The molecule has 0 aromatic carbocycles. The molecule has 7 atom stereocenters. The van der Waals surface area contributed by atoms with Crippen molar-refractivity contribution in [3.8, 4) is 0 Å². The Morgan fingerprint density at radius 3 is 1.50 bits per heavy atom. The average Bonchev–Trinajstić information content (AvgIpc) is 3.20. The molecule has 0 bridgehead atoms. The molecule has 0 aliphatic carbocycles. The first-order chi connectivity index (χ1) is 27.3. The van der Waals surface area contributed by atoms with Gasteiger partial charge >= 0.3 is 0 Å². The number of carbonyl (C=O) groups excluding carboxylic acids is 1. The Morgan fingerprint density at radius 1 is 0.589 bits per heavy atom. The molecule has 0 spiro atoms. The molecule has 1 amide bonds. The van der Waals surface area contributed by atoms with Crippen LogP contribution in [-0.2, 0) is 14.3 Å². The van der Waals surface area contributed by atoms with Crippen LogP contribution in [0, 0.1) is 0 Å². The first-order valence-electron chi connectivity index (χ1n) is 23.2. The fraction of sp³-hybridized carbons (Fsp3) is 0.851. The van der Waals surface area contributed by atoms with Crippen LogP contribution in [0.4, 0.5) is 0 Å². The zero-order valence-corrected chi connectivity index (χ0v) is 35.9. The third-order valence-electron chi connectivity index (χ3n) is 10.9. The van der Waals surface area contributed by atoms with Crippen molar-refractivity contribution in [1.29, 1.82) is 0 Å². The molecule has 0 aromatic heterocycles. The van der Waals surface area contributed by atoms with Gasteiger partial charge in [0.25, 0.3) is 0 Å². The number of aliphatic hydroxyl groups excluding tert-OH is 5. The molecule has 1 aliphatic rings. The summed E-state index contributed by atoms with van der Waals surface area (Å²) in [7, 11) is 0. The van der Waals surface area contributed by atoms with Crippen molar-refractivity contribution in [3.63, 3.8) is 0 Å². The number of amides is 1. The summed E-state index contributed by atoms with van der Waals surface area (Å²) >= 11 is 0. The molecule has 1 saturated heterocycles. The number of unbranched alkanes of at least 4 members (excludes halogenated alkanes) is 24. The highest BCUT2D eigenvalue weighted by Gasteiger charge is 2.44. The number of hydrogen-bond acceptors (Lipinski definition) is 8. The summed E-state index contributed by atoms with van der Waals surface area (Å²) in [6.07, 6.45) is 39.3. The van der Waals surface area contributed by atoms with Crippen LogP contribution >= 0.6 is 0 Å². The van der Waals surface area contributed by atoms with Crippen molar-refractivity contribution in [3.05, 3.63) is 36.5 Å². The molecular formula is C47H87NO8. The predicted molar refractivity (Wildman–Crippen MR) is 230 cm³/mol. The number of nitrogens with one attached hydrogen (secondary N) is 1. The van der Waals surface area contributed by atoms with Crippen molar-refractivity contribution < 1.29 is 39.8 Å². The van der Waals surface area contributed by atoms with Gasteiger partial charge in [-0.3, -0.25) is 4.79 Å². The lowest BCUT2D eigenvalue weighted by Gasteiger charge is -2.40. The Hall–Kier alpha value is -1.59. The van der Waals surface area contributed by atoms with Gasteiger partial charge in [-0.1, -0.05) is 185 Å². The fourth-order valence-corrected chi connectivity index (χ4v) is 7.19. The van der Waals surface area contributed by atoms with Crippen LogP contribution in [0.15, 0.2) is 36.5 Å². The van der Waals surface area contributed by atoms with E-state index in [1.54, 1.807) is 6.08 Å². The Bertz CT molecular complexity index is 972. The maximum Gasteiger partial charge on any atom is 0.220 e. The van der Waals surface area contributed by atoms with Gasteiger partial charge in [-0.05, 0) is 44.9 Å². The van der Waals surface area contributed by atoms with Crippen LogP contribution in [0.5, 0.6) is 0 Å². The zero-order chi connectivity index (χ0) is 40.9. The minimum atomic E-state index is -1.57. The third-order valence-corrected chi connectivity index (χ3v) is 10.9. The van der Waals surface area contributed by atoms with E-state index in [2.05, 4.69) is 43.5 Å². The predicted octanol–water partition coefficient (Wildman–Crippen LogP) is 9.67. The van der Waals surface area contributed by atoms with Crippen LogP contribution in [0.1, 0.15) is 200 Å². The second-order valence-corrected chi connectivity index (χ2v) is 16.2. The quantitative estimate of drug-likeness (QED) is 0.0268. The van der Waals surface area contributed by atoms with Gasteiger partial charge in [-0.15, -0.1) is 0 Å². The van der Waals surface area contributed by atoms with E-state index >= 15 is 0 Å². The summed E-state index contributed by atoms with van der Waals surface area (Å²) in [5.74, 6) is -0.195. The second kappa shape index (κ2) is 37.7. The Balaban J connectivity index is 2.32. The van der Waals surface area contributed by atoms with Crippen molar-refractivity contribution in [2.45, 2.75) is 243 Å². The first kappa shape index (κ1) is 52.4. The minimum absolute atomic E-state index is 0.195. The molecule has 328 valence electrons. The van der Waals surface area contributed by atoms with Crippen LogP contribution in [0.25, 0.3) is 0 Å². The van der Waals surface area contributed by atoms with E-state index in [-0.39, 0.29) is 12.5 Å². The van der Waals surface area contributed by atoms with Gasteiger partial charge in [0.15, 0.2) is 6.29 Å². The average molecular weight is 794 g/mol. The topological polar surface area (TPSA) is 149 Å². The Kier molecular flexibility index (Phi) is 35.3. The number of aliphatic hydroxyl groups is 5. The second-order valence-electron chi connectivity index (χ2n) is 16.2. The summed E-state index contributed by atoms with van der Waals surface area (Å²) in [5, 5.41) is 54.0. The van der Waals surface area contributed by atoms with Crippen molar-refractivity contribution >= 4 is 5.91 Å². The van der Waals surface area contributed by atoms with Gasteiger partial charge in [0.2, 0.25) is 5.91 Å². The van der Waals surface area contributed by atoms with Crippen LogP contribution in [0.3, 0.4) is 0 Å². The number of rotatable bonds is 38. The monoisotopic (exact) mass is 794 g/mol. The van der Waals surface area contributed by atoms with E-state index in [0.29, 0.717) is 6.42 Å². The van der Waals surface area contributed by atoms with Gasteiger partial charge in [0.05, 0.1) is 25.4 Å². The number of allylic oxidation sites excluding steroid dienone is 5. The highest BCUT2D eigenvalue weighted by molar-refractivity contribution is 5.76. The van der Waals surface area contributed by atoms with Gasteiger partial charge < -0.3 is 40.3 Å². The number of carbonyl (C=O) groups is 1. The van der Waals surface area contributed by atoms with Gasteiger partial charge in [0, 0.05) is 6.42 Å². The third kappa shape index (κ3) is 27.9. The molecule has 9 nitrogen and oxygen atoms in total. The lowest BCUT2D eigenvalue weighted by atomic mass is 9.99. The lowest BCUT2D eigenvalue weighted by molar-refractivity contribution is -0.302. The maximum atomic E-state index is 12.9. The number of hydrogen-bond donors (Lipinski definition) is 6. The summed E-state index contributed by atoms with van der Waals surface area (Å²) in [4.78, 5) is 12.9. The van der Waals surface area contributed by atoms with E-state index in [0.717, 1.165) is 44.9 Å². The van der Waals surface area contributed by atoms with Crippen molar-refractivity contribution in [2.75, 3.05) is 13.2 Å². The number of ether oxygens (including phenoxy) is 2. The highest BCUT2D eigenvalue weighted by Crippen LogP contribution is 2.22. The van der Waals surface area contributed by atoms with Crippen molar-refractivity contribution in [1.82, 2.24) is 5.32 Å². The van der Waals surface area contributed by atoms with E-state index in [9.17, 15) is 30.3 Å². The Morgan fingerprint density at radius 2 is 1.02 bits per heavy atom. The first-order valence-corrected chi connectivity index (χ1v) is 23.2. The molecule has 56 heavy (non-hydrogen) atoms. The van der Waals surface area contributed by atoms with E-state index in [4.69, 9.17) is 9.47 Å². The molecule has 1 fully saturated rings. The summed E-state index contributed by atoms with van der Waals surface area (Å²) in [5.41, 5.74) is 0. The van der Waals surface area contributed by atoms with Crippen molar-refractivity contribution in [2.24, 2.45) is 0 Å². The smallest absolute Gasteiger partial charge is 0.220 e. The van der Waals surface area contributed by atoms with E-state index in [1.165, 1.54) is 135 Å². The van der Waals surface area contributed by atoms with Crippen LogP contribution < -0.4 is 5.32 Å². The van der Waals surface area contributed by atoms with Crippen LogP contribution in [0.2, 0.25) is 0 Å². The highest BCUT2D eigenvalue weighted by atomic mass is 16.7. The SMILES string of the molecule is CCCCCCCCCCCCCCCC/C=C/CC/C=C/CC/C=C/C(O)C(COC1OC(CO)C(O)C(O)C1O)NC(=O)CCCCCCCCCCC. The summed E-state index contributed by atoms with van der Waals surface area (Å²) < 4.78 is 11.2. The normalized spacial score (nSPS) is 21.4. The lowest BCUT2D eigenvalue weighted by Crippen LogP contribution is -2.60. The molecule has 1 aliphatic heterocycles. The zero-order valence-electron chi connectivity index (χ0n) is 35.9. The van der Waals surface area contributed by atoms with E-state index in [1.807, 2.05) is 6.08 Å².